The van der Waals surface area contributed by atoms with Gasteiger partial charge in [-0.3, -0.25) is 4.79 Å². The molecule has 1 aliphatic heterocycles. The number of amides is 1. The molecule has 0 aromatic heterocycles. The molecule has 2 rings (SSSR count). The van der Waals surface area contributed by atoms with Crippen LogP contribution in [0.25, 0.3) is 0 Å². The van der Waals surface area contributed by atoms with E-state index in [4.69, 9.17) is 11.6 Å². The Morgan fingerprint density at radius 1 is 1.10 bits per heavy atom. The highest BCUT2D eigenvalue weighted by molar-refractivity contribution is 6.18. The van der Waals surface area contributed by atoms with Gasteiger partial charge in [-0.05, 0) is 38.1 Å². The smallest absolute Gasteiger partial charge is 0.228 e. The quantitative estimate of drug-likeness (QED) is 0.726. The van der Waals surface area contributed by atoms with Crippen LogP contribution in [0.5, 0.6) is 0 Å². The van der Waals surface area contributed by atoms with Crippen LogP contribution in [0.2, 0.25) is 0 Å². The molecule has 0 N–H and O–H groups in total. The van der Waals surface area contributed by atoms with Gasteiger partial charge in [-0.1, -0.05) is 26.7 Å². The highest BCUT2D eigenvalue weighted by Gasteiger charge is 2.43. The van der Waals surface area contributed by atoms with Crippen molar-refractivity contribution in [1.82, 2.24) is 9.80 Å². The summed E-state index contributed by atoms with van der Waals surface area (Å²) in [6.45, 7) is 9.31. The van der Waals surface area contributed by atoms with Crippen molar-refractivity contribution < 1.29 is 4.79 Å². The van der Waals surface area contributed by atoms with Crippen molar-refractivity contribution in [2.75, 3.05) is 38.6 Å². The highest BCUT2D eigenvalue weighted by Crippen LogP contribution is 2.44. The van der Waals surface area contributed by atoms with E-state index in [1.54, 1.807) is 0 Å². The Morgan fingerprint density at radius 2 is 1.81 bits per heavy atom. The molecule has 2 fully saturated rings. The maximum Gasteiger partial charge on any atom is 0.228 e. The minimum absolute atomic E-state index is 0.0458. The van der Waals surface area contributed by atoms with Crippen molar-refractivity contribution >= 4 is 17.5 Å². The molecule has 1 aliphatic carbocycles. The van der Waals surface area contributed by atoms with Gasteiger partial charge in [0.15, 0.2) is 0 Å². The molecule has 0 radical (unpaired) electrons. The van der Waals surface area contributed by atoms with E-state index in [2.05, 4.69) is 23.6 Å². The number of hydrogen-bond donors (Lipinski definition) is 0. The van der Waals surface area contributed by atoms with Crippen LogP contribution in [-0.2, 0) is 4.79 Å². The standard InChI is InChI=1S/C17H31ClN2O/c1-15(2)14-17(6-3-4-7-17)16(21)20-10-5-9-19(11-8-18)12-13-20/h15H,3-14H2,1-2H3. The Labute approximate surface area is 135 Å². The molecule has 0 spiro atoms. The summed E-state index contributed by atoms with van der Waals surface area (Å²) in [5, 5.41) is 0. The van der Waals surface area contributed by atoms with E-state index in [1.165, 1.54) is 12.8 Å². The number of halogens is 1. The van der Waals surface area contributed by atoms with Crippen LogP contribution in [0.1, 0.15) is 52.4 Å². The van der Waals surface area contributed by atoms with Crippen molar-refractivity contribution in [3.63, 3.8) is 0 Å². The molecule has 21 heavy (non-hydrogen) atoms. The molecule has 0 aromatic carbocycles. The first-order valence-electron chi connectivity index (χ1n) is 8.65. The SMILES string of the molecule is CC(C)CC1(C(=O)N2CCCN(CCCl)CC2)CCCC1. The molecule has 1 saturated carbocycles. The van der Waals surface area contributed by atoms with Gasteiger partial charge in [0.2, 0.25) is 5.91 Å². The van der Waals surface area contributed by atoms with Gasteiger partial charge < -0.3 is 9.80 Å². The van der Waals surface area contributed by atoms with Crippen LogP contribution in [-0.4, -0.2) is 54.3 Å². The topological polar surface area (TPSA) is 23.6 Å². The predicted molar refractivity (Wildman–Crippen MR) is 88.7 cm³/mol. The first-order chi connectivity index (χ1) is 10.1. The van der Waals surface area contributed by atoms with Gasteiger partial charge in [0.25, 0.3) is 0 Å². The normalized spacial score (nSPS) is 23.5. The lowest BCUT2D eigenvalue weighted by molar-refractivity contribution is -0.142. The third-order valence-corrected chi connectivity index (χ3v) is 5.26. The summed E-state index contributed by atoms with van der Waals surface area (Å²) in [7, 11) is 0. The first kappa shape index (κ1) is 17.1. The Bertz CT molecular complexity index is 340. The summed E-state index contributed by atoms with van der Waals surface area (Å²) in [5.41, 5.74) is -0.0458. The van der Waals surface area contributed by atoms with Crippen molar-refractivity contribution in [3.8, 4) is 0 Å². The molecule has 0 atom stereocenters. The van der Waals surface area contributed by atoms with Crippen molar-refractivity contribution in [2.24, 2.45) is 11.3 Å². The van der Waals surface area contributed by atoms with Gasteiger partial charge in [-0.15, -0.1) is 11.6 Å². The fourth-order valence-electron chi connectivity index (χ4n) is 4.19. The van der Waals surface area contributed by atoms with E-state index >= 15 is 0 Å². The van der Waals surface area contributed by atoms with Crippen LogP contribution < -0.4 is 0 Å². The molecule has 0 unspecified atom stereocenters. The van der Waals surface area contributed by atoms with Crippen LogP contribution in [0, 0.1) is 11.3 Å². The lowest BCUT2D eigenvalue weighted by atomic mass is 9.77. The molecular weight excluding hydrogens is 284 g/mol. The van der Waals surface area contributed by atoms with E-state index in [-0.39, 0.29) is 5.41 Å². The molecule has 3 nitrogen and oxygen atoms in total. The fourth-order valence-corrected chi connectivity index (χ4v) is 4.43. The Balaban J connectivity index is 2.00. The summed E-state index contributed by atoms with van der Waals surface area (Å²) in [6.07, 6.45) is 6.81. The lowest BCUT2D eigenvalue weighted by Gasteiger charge is -2.35. The van der Waals surface area contributed by atoms with Crippen LogP contribution in [0.4, 0.5) is 0 Å². The van der Waals surface area contributed by atoms with E-state index in [9.17, 15) is 4.79 Å². The second kappa shape index (κ2) is 7.82. The zero-order valence-electron chi connectivity index (χ0n) is 13.7. The Morgan fingerprint density at radius 3 is 2.43 bits per heavy atom. The van der Waals surface area contributed by atoms with Crippen LogP contribution >= 0.6 is 11.6 Å². The molecule has 1 heterocycles. The van der Waals surface area contributed by atoms with Gasteiger partial charge in [-0.25, -0.2) is 0 Å². The van der Waals surface area contributed by atoms with Crippen LogP contribution in [0.15, 0.2) is 0 Å². The second-order valence-electron chi connectivity index (χ2n) is 7.26. The first-order valence-corrected chi connectivity index (χ1v) is 9.18. The third kappa shape index (κ3) is 4.35. The van der Waals surface area contributed by atoms with Gasteiger partial charge in [0, 0.05) is 37.5 Å². The van der Waals surface area contributed by atoms with Crippen molar-refractivity contribution in [3.05, 3.63) is 0 Å². The van der Waals surface area contributed by atoms with Gasteiger partial charge >= 0.3 is 0 Å². The third-order valence-electron chi connectivity index (χ3n) is 5.09. The average molecular weight is 315 g/mol. The van der Waals surface area contributed by atoms with E-state index in [0.29, 0.717) is 17.7 Å². The van der Waals surface area contributed by atoms with Crippen molar-refractivity contribution in [2.45, 2.75) is 52.4 Å². The zero-order chi connectivity index (χ0) is 15.3. The predicted octanol–water partition coefficient (Wildman–Crippen LogP) is 3.37. The molecule has 122 valence electrons. The number of nitrogens with zero attached hydrogens (tertiary/aromatic N) is 2. The molecule has 0 bridgehead atoms. The highest BCUT2D eigenvalue weighted by atomic mass is 35.5. The minimum atomic E-state index is -0.0458. The van der Waals surface area contributed by atoms with E-state index < -0.39 is 0 Å². The summed E-state index contributed by atoms with van der Waals surface area (Å²) in [6, 6.07) is 0. The molecule has 2 aliphatic rings. The number of hydrogen-bond acceptors (Lipinski definition) is 2. The number of alkyl halides is 1. The van der Waals surface area contributed by atoms with Crippen molar-refractivity contribution in [1.29, 1.82) is 0 Å². The zero-order valence-corrected chi connectivity index (χ0v) is 14.5. The second-order valence-corrected chi connectivity index (χ2v) is 7.64. The lowest BCUT2D eigenvalue weighted by Crippen LogP contribution is -2.45. The Hall–Kier alpha value is -0.280. The summed E-state index contributed by atoms with van der Waals surface area (Å²) < 4.78 is 0. The molecule has 1 saturated heterocycles. The summed E-state index contributed by atoms with van der Waals surface area (Å²) in [4.78, 5) is 17.7. The van der Waals surface area contributed by atoms with Gasteiger partial charge in [0.05, 0.1) is 0 Å². The fraction of sp³-hybridized carbons (Fsp3) is 0.941. The number of carbonyl (C=O) groups excluding carboxylic acids is 1. The van der Waals surface area contributed by atoms with Gasteiger partial charge in [-0.2, -0.15) is 0 Å². The monoisotopic (exact) mass is 314 g/mol. The number of rotatable bonds is 5. The van der Waals surface area contributed by atoms with Gasteiger partial charge in [0.1, 0.15) is 0 Å². The maximum atomic E-state index is 13.2. The molecule has 1 amide bonds. The van der Waals surface area contributed by atoms with Crippen LogP contribution in [0.3, 0.4) is 0 Å². The summed E-state index contributed by atoms with van der Waals surface area (Å²) in [5.74, 6) is 1.74. The Kier molecular flexibility index (Phi) is 6.36. The number of carbonyl (C=O) groups is 1. The largest absolute Gasteiger partial charge is 0.341 e. The van der Waals surface area contributed by atoms with E-state index in [0.717, 1.165) is 58.4 Å². The molecular formula is C17H31ClN2O. The van der Waals surface area contributed by atoms with E-state index in [1.807, 2.05) is 0 Å². The maximum absolute atomic E-state index is 13.2. The minimum Gasteiger partial charge on any atom is -0.341 e. The molecule has 4 heteroatoms. The average Bonchev–Trinajstić information content (AvgIpc) is 2.78. The molecule has 0 aromatic rings. The summed E-state index contributed by atoms with van der Waals surface area (Å²) >= 11 is 5.85.